The molecule has 0 saturated heterocycles. The van der Waals surface area contributed by atoms with Gasteiger partial charge in [0.05, 0.1) is 8.07 Å². The number of nitrogens with zero attached hydrogens (tertiary/aromatic N) is 1. The number of methoxy groups -OCH3 is 1. The lowest BCUT2D eigenvalue weighted by Gasteiger charge is -2.30. The summed E-state index contributed by atoms with van der Waals surface area (Å²) < 4.78 is 16.2. The van der Waals surface area contributed by atoms with Gasteiger partial charge in [-0.3, -0.25) is 0 Å². The van der Waals surface area contributed by atoms with Crippen LogP contribution in [0.25, 0.3) is 0 Å². The fourth-order valence-electron chi connectivity index (χ4n) is 2.57. The number of ether oxygens (including phenoxy) is 3. The average molecular weight is 354 g/mol. The summed E-state index contributed by atoms with van der Waals surface area (Å²) >= 11 is 0. The molecule has 1 aromatic rings. The largest absolute Gasteiger partial charge is 0.468 e. The molecule has 6 heteroatoms. The Morgan fingerprint density at radius 3 is 2.17 bits per heavy atom. The van der Waals surface area contributed by atoms with Crippen LogP contribution in [0.1, 0.15) is 27.7 Å². The number of rotatable bonds is 7. The van der Waals surface area contributed by atoms with E-state index in [2.05, 4.69) is 19.6 Å². The third-order valence-electron chi connectivity index (χ3n) is 3.62. The van der Waals surface area contributed by atoms with E-state index in [-0.39, 0.29) is 25.0 Å². The minimum Gasteiger partial charge on any atom is -0.468 e. The molecule has 0 unspecified atom stereocenters. The van der Waals surface area contributed by atoms with Gasteiger partial charge in [0.1, 0.15) is 11.5 Å². The Labute approximate surface area is 146 Å². The van der Waals surface area contributed by atoms with Crippen molar-refractivity contribution in [1.82, 2.24) is 4.90 Å². The number of benzene rings is 1. The van der Waals surface area contributed by atoms with Gasteiger partial charge >= 0.3 is 6.09 Å². The van der Waals surface area contributed by atoms with Crippen LogP contribution in [0.2, 0.25) is 19.6 Å². The van der Waals surface area contributed by atoms with E-state index in [4.69, 9.17) is 14.2 Å². The lowest BCUT2D eigenvalue weighted by atomic mass is 10.2. The highest BCUT2D eigenvalue weighted by molar-refractivity contribution is 6.89. The van der Waals surface area contributed by atoms with Crippen LogP contribution in [0.5, 0.6) is 11.5 Å². The first kappa shape index (κ1) is 20.5. The van der Waals surface area contributed by atoms with Crippen LogP contribution >= 0.6 is 0 Å². The molecular formula is C18H31NO4Si. The van der Waals surface area contributed by atoms with Crippen LogP contribution in [-0.4, -0.2) is 45.1 Å². The lowest BCUT2D eigenvalue weighted by molar-refractivity contribution is 0.0511. The van der Waals surface area contributed by atoms with Gasteiger partial charge in [0.25, 0.3) is 0 Å². The summed E-state index contributed by atoms with van der Waals surface area (Å²) in [5.41, 5.74) is 0. The molecule has 5 nitrogen and oxygen atoms in total. The normalized spacial score (nSPS) is 11.8. The average Bonchev–Trinajstić information content (AvgIpc) is 2.44. The summed E-state index contributed by atoms with van der Waals surface area (Å²) in [6.45, 7) is 14.8. The smallest absolute Gasteiger partial charge is 0.415 e. The van der Waals surface area contributed by atoms with Crippen molar-refractivity contribution in [1.29, 1.82) is 0 Å². The first-order valence-electron chi connectivity index (χ1n) is 8.34. The van der Waals surface area contributed by atoms with Gasteiger partial charge in [0, 0.05) is 19.2 Å². The summed E-state index contributed by atoms with van der Waals surface area (Å²) in [5.74, 6) is 1.34. The summed E-state index contributed by atoms with van der Waals surface area (Å²) in [4.78, 5) is 14.3. The molecule has 0 aliphatic heterocycles. The first-order chi connectivity index (χ1) is 11.1. The molecular weight excluding hydrogens is 322 g/mol. The highest BCUT2D eigenvalue weighted by atomic mass is 28.3. The van der Waals surface area contributed by atoms with E-state index in [1.165, 1.54) is 0 Å². The highest BCUT2D eigenvalue weighted by Gasteiger charge is 2.27. The maximum atomic E-state index is 12.6. The molecule has 0 atom stereocenters. The van der Waals surface area contributed by atoms with E-state index in [0.717, 1.165) is 10.9 Å². The molecule has 1 aromatic carbocycles. The molecule has 1 rings (SSSR count). The van der Waals surface area contributed by atoms with Gasteiger partial charge in [-0.05, 0) is 51.1 Å². The Morgan fingerprint density at radius 2 is 1.71 bits per heavy atom. The van der Waals surface area contributed by atoms with Crippen molar-refractivity contribution in [2.75, 3.05) is 13.9 Å². The summed E-state index contributed by atoms with van der Waals surface area (Å²) in [6, 6.07) is 5.74. The minimum absolute atomic E-state index is 0.0807. The number of carbonyl (C=O) groups excluding carboxylic acids is 1. The van der Waals surface area contributed by atoms with E-state index in [1.807, 2.05) is 39.8 Å². The standard InChI is InChI=1S/C18H31NO4Si/c1-13(2)19(14(3)4)18(20)23-16-10-9-15(22-12-21-5)11-17(16)24(6,7)8/h9-11,13-14H,12H2,1-8H3. The molecule has 0 spiro atoms. The zero-order chi connectivity index (χ0) is 18.5. The predicted octanol–water partition coefficient (Wildman–Crippen LogP) is 3.83. The molecule has 0 radical (unpaired) electrons. The van der Waals surface area contributed by atoms with Gasteiger partial charge in [-0.15, -0.1) is 0 Å². The van der Waals surface area contributed by atoms with Gasteiger partial charge in [-0.2, -0.15) is 0 Å². The van der Waals surface area contributed by atoms with E-state index >= 15 is 0 Å². The second-order valence-corrected chi connectivity index (χ2v) is 12.5. The Morgan fingerprint density at radius 1 is 1.12 bits per heavy atom. The number of hydrogen-bond acceptors (Lipinski definition) is 4. The highest BCUT2D eigenvalue weighted by Crippen LogP contribution is 2.22. The second kappa shape index (κ2) is 8.53. The number of hydrogen-bond donors (Lipinski definition) is 0. The molecule has 24 heavy (non-hydrogen) atoms. The Hall–Kier alpha value is -1.53. The molecule has 0 bridgehead atoms. The molecule has 0 N–H and O–H groups in total. The third kappa shape index (κ3) is 5.53. The lowest BCUT2D eigenvalue weighted by Crippen LogP contribution is -2.45. The number of carbonyl (C=O) groups is 1. The van der Waals surface area contributed by atoms with E-state index in [1.54, 1.807) is 18.1 Å². The van der Waals surface area contributed by atoms with E-state index < -0.39 is 8.07 Å². The summed E-state index contributed by atoms with van der Waals surface area (Å²) in [7, 11) is -0.136. The molecule has 0 fully saturated rings. The zero-order valence-corrected chi connectivity index (χ0v) is 17.2. The molecule has 0 aromatic heterocycles. The van der Waals surface area contributed by atoms with Crippen molar-refractivity contribution in [2.24, 2.45) is 0 Å². The minimum atomic E-state index is -1.72. The van der Waals surface area contributed by atoms with Gasteiger partial charge in [0.15, 0.2) is 6.79 Å². The summed E-state index contributed by atoms with van der Waals surface area (Å²) in [6.07, 6.45) is -0.315. The van der Waals surface area contributed by atoms with Crippen molar-refractivity contribution in [2.45, 2.75) is 59.4 Å². The van der Waals surface area contributed by atoms with Crippen molar-refractivity contribution < 1.29 is 19.0 Å². The van der Waals surface area contributed by atoms with Crippen LogP contribution < -0.4 is 14.7 Å². The van der Waals surface area contributed by atoms with Crippen LogP contribution in [0.15, 0.2) is 18.2 Å². The maximum Gasteiger partial charge on any atom is 0.415 e. The van der Waals surface area contributed by atoms with Gasteiger partial charge in [-0.1, -0.05) is 19.6 Å². The monoisotopic (exact) mass is 353 g/mol. The second-order valence-electron chi connectivity index (χ2n) is 7.42. The van der Waals surface area contributed by atoms with Gasteiger partial charge in [0.2, 0.25) is 0 Å². The Balaban J connectivity index is 3.12. The van der Waals surface area contributed by atoms with Gasteiger partial charge < -0.3 is 19.1 Å². The molecule has 0 heterocycles. The van der Waals surface area contributed by atoms with Crippen molar-refractivity contribution in [3.05, 3.63) is 18.2 Å². The van der Waals surface area contributed by atoms with Gasteiger partial charge in [-0.25, -0.2) is 4.79 Å². The van der Waals surface area contributed by atoms with Crippen molar-refractivity contribution in [3.63, 3.8) is 0 Å². The third-order valence-corrected chi connectivity index (χ3v) is 5.63. The van der Waals surface area contributed by atoms with Crippen LogP contribution in [0.4, 0.5) is 4.79 Å². The molecule has 1 amide bonds. The number of amides is 1. The molecule has 0 aliphatic rings. The van der Waals surface area contributed by atoms with E-state index in [9.17, 15) is 4.79 Å². The zero-order valence-electron chi connectivity index (χ0n) is 16.2. The van der Waals surface area contributed by atoms with Crippen LogP contribution in [-0.2, 0) is 4.74 Å². The quantitative estimate of drug-likeness (QED) is 0.552. The molecule has 0 aliphatic carbocycles. The fraction of sp³-hybridized carbons (Fsp3) is 0.611. The molecule has 0 saturated carbocycles. The Bertz CT molecular complexity index is 544. The van der Waals surface area contributed by atoms with Crippen molar-refractivity contribution >= 4 is 19.4 Å². The summed E-state index contributed by atoms with van der Waals surface area (Å²) in [5, 5.41) is 1.05. The maximum absolute atomic E-state index is 12.6. The van der Waals surface area contributed by atoms with Crippen molar-refractivity contribution in [3.8, 4) is 11.5 Å². The predicted molar refractivity (Wildman–Crippen MR) is 100 cm³/mol. The SMILES string of the molecule is COCOc1ccc(OC(=O)N(C(C)C)C(C)C)c([Si](C)(C)C)c1. The first-order valence-corrected chi connectivity index (χ1v) is 11.8. The Kier molecular flexibility index (Phi) is 7.29. The topological polar surface area (TPSA) is 48.0 Å². The van der Waals surface area contributed by atoms with E-state index in [0.29, 0.717) is 5.75 Å². The fourth-order valence-corrected chi connectivity index (χ4v) is 4.01. The molecule has 136 valence electrons. The van der Waals surface area contributed by atoms with Crippen LogP contribution in [0.3, 0.4) is 0 Å². The van der Waals surface area contributed by atoms with Crippen LogP contribution in [0, 0.1) is 0 Å².